The summed E-state index contributed by atoms with van der Waals surface area (Å²) in [6, 6.07) is 16.3. The van der Waals surface area contributed by atoms with Crippen molar-refractivity contribution in [2.75, 3.05) is 6.54 Å². The number of aliphatic carboxylic acids is 1. The van der Waals surface area contributed by atoms with E-state index >= 15 is 0 Å². The normalized spacial score (nSPS) is 10.8. The molecule has 0 aliphatic carbocycles. The maximum absolute atomic E-state index is 13.2. The molecule has 2 rings (SSSR count). The largest absolute Gasteiger partial charge is 0.481 e. The SMILES string of the molecule is O=C(O)CCN(Cc1ccccc1)Cc1cccc(F)c1. The Morgan fingerprint density at radius 2 is 1.67 bits per heavy atom. The van der Waals surface area contributed by atoms with Crippen molar-refractivity contribution in [3.8, 4) is 0 Å². The van der Waals surface area contributed by atoms with Crippen LogP contribution in [0.25, 0.3) is 0 Å². The van der Waals surface area contributed by atoms with Crippen LogP contribution in [0.4, 0.5) is 4.39 Å². The third kappa shape index (κ3) is 5.36. The molecule has 1 N–H and O–H groups in total. The number of rotatable bonds is 7. The summed E-state index contributed by atoms with van der Waals surface area (Å²) in [5, 5.41) is 8.85. The van der Waals surface area contributed by atoms with E-state index in [1.165, 1.54) is 12.1 Å². The molecule has 3 nitrogen and oxygen atoms in total. The standard InChI is InChI=1S/C17H18FNO2/c18-16-8-4-7-15(11-16)13-19(10-9-17(20)21)12-14-5-2-1-3-6-14/h1-8,11H,9-10,12-13H2,(H,20,21). The fourth-order valence-electron chi connectivity index (χ4n) is 2.20. The van der Waals surface area contributed by atoms with Crippen molar-refractivity contribution >= 4 is 5.97 Å². The Kier molecular flexibility index (Phi) is 5.46. The van der Waals surface area contributed by atoms with Crippen LogP contribution in [-0.2, 0) is 17.9 Å². The van der Waals surface area contributed by atoms with Crippen LogP contribution >= 0.6 is 0 Å². The smallest absolute Gasteiger partial charge is 0.304 e. The molecule has 0 heterocycles. The van der Waals surface area contributed by atoms with Crippen LogP contribution in [0.2, 0.25) is 0 Å². The molecule has 0 atom stereocenters. The van der Waals surface area contributed by atoms with Gasteiger partial charge in [0.1, 0.15) is 5.82 Å². The van der Waals surface area contributed by atoms with Crippen molar-refractivity contribution in [3.05, 3.63) is 71.5 Å². The van der Waals surface area contributed by atoms with E-state index in [0.29, 0.717) is 19.6 Å². The third-order valence-corrected chi connectivity index (χ3v) is 3.19. The summed E-state index contributed by atoms with van der Waals surface area (Å²) in [6.45, 7) is 1.60. The highest BCUT2D eigenvalue weighted by Crippen LogP contribution is 2.11. The zero-order valence-electron chi connectivity index (χ0n) is 11.7. The minimum absolute atomic E-state index is 0.0716. The molecule has 0 unspecified atom stereocenters. The van der Waals surface area contributed by atoms with Crippen molar-refractivity contribution in [2.24, 2.45) is 0 Å². The van der Waals surface area contributed by atoms with Gasteiger partial charge >= 0.3 is 5.97 Å². The summed E-state index contributed by atoms with van der Waals surface area (Å²) in [4.78, 5) is 12.8. The van der Waals surface area contributed by atoms with E-state index in [4.69, 9.17) is 5.11 Å². The summed E-state index contributed by atoms with van der Waals surface area (Å²) in [7, 11) is 0. The van der Waals surface area contributed by atoms with Gasteiger partial charge in [-0.15, -0.1) is 0 Å². The van der Waals surface area contributed by atoms with E-state index in [1.807, 2.05) is 41.3 Å². The minimum Gasteiger partial charge on any atom is -0.481 e. The molecule has 0 aliphatic rings. The van der Waals surface area contributed by atoms with E-state index < -0.39 is 5.97 Å². The average molecular weight is 287 g/mol. The van der Waals surface area contributed by atoms with Crippen LogP contribution in [0.5, 0.6) is 0 Å². The Bertz CT molecular complexity index is 586. The molecule has 0 amide bonds. The quantitative estimate of drug-likeness (QED) is 0.849. The fourth-order valence-corrected chi connectivity index (χ4v) is 2.20. The highest BCUT2D eigenvalue weighted by molar-refractivity contribution is 5.66. The summed E-state index contributed by atoms with van der Waals surface area (Å²) in [5.41, 5.74) is 1.95. The number of nitrogens with zero attached hydrogens (tertiary/aromatic N) is 1. The van der Waals surface area contributed by atoms with Gasteiger partial charge in [0.05, 0.1) is 6.42 Å². The monoisotopic (exact) mass is 287 g/mol. The van der Waals surface area contributed by atoms with E-state index in [0.717, 1.165) is 11.1 Å². The van der Waals surface area contributed by atoms with Gasteiger partial charge in [-0.25, -0.2) is 4.39 Å². The number of carbonyl (C=O) groups is 1. The first kappa shape index (κ1) is 15.2. The lowest BCUT2D eigenvalue weighted by molar-refractivity contribution is -0.137. The van der Waals surface area contributed by atoms with Crippen LogP contribution in [0.3, 0.4) is 0 Å². The maximum atomic E-state index is 13.2. The number of benzene rings is 2. The molecule has 0 aromatic heterocycles. The third-order valence-electron chi connectivity index (χ3n) is 3.19. The second-order valence-electron chi connectivity index (χ2n) is 4.97. The zero-order chi connectivity index (χ0) is 15.1. The predicted molar refractivity (Wildman–Crippen MR) is 79.2 cm³/mol. The molecular weight excluding hydrogens is 269 g/mol. The molecule has 0 saturated heterocycles. The molecule has 0 bridgehead atoms. The molecule has 0 aliphatic heterocycles. The lowest BCUT2D eigenvalue weighted by atomic mass is 10.1. The lowest BCUT2D eigenvalue weighted by Gasteiger charge is -2.22. The van der Waals surface area contributed by atoms with Gasteiger partial charge in [-0.3, -0.25) is 9.69 Å². The Balaban J connectivity index is 2.06. The van der Waals surface area contributed by atoms with Crippen LogP contribution in [0.15, 0.2) is 54.6 Å². The second-order valence-corrected chi connectivity index (χ2v) is 4.97. The molecule has 0 fully saturated rings. The number of hydrogen-bond acceptors (Lipinski definition) is 2. The van der Waals surface area contributed by atoms with E-state index in [9.17, 15) is 9.18 Å². The van der Waals surface area contributed by atoms with Crippen LogP contribution in [0, 0.1) is 5.82 Å². The number of halogens is 1. The van der Waals surface area contributed by atoms with Crippen LogP contribution in [0.1, 0.15) is 17.5 Å². The highest BCUT2D eigenvalue weighted by Gasteiger charge is 2.09. The summed E-state index contributed by atoms with van der Waals surface area (Å²) >= 11 is 0. The average Bonchev–Trinajstić information content (AvgIpc) is 2.46. The van der Waals surface area contributed by atoms with E-state index in [2.05, 4.69) is 0 Å². The molecule has 0 radical (unpaired) electrons. The Labute approximate surface area is 123 Å². The first-order valence-corrected chi connectivity index (χ1v) is 6.86. The Morgan fingerprint density at radius 1 is 1.00 bits per heavy atom. The second kappa shape index (κ2) is 7.55. The molecule has 2 aromatic carbocycles. The maximum Gasteiger partial charge on any atom is 0.304 e. The van der Waals surface area contributed by atoms with Crippen molar-refractivity contribution in [1.29, 1.82) is 0 Å². The predicted octanol–water partition coefficient (Wildman–Crippen LogP) is 3.30. The summed E-state index contributed by atoms with van der Waals surface area (Å²) in [5.74, 6) is -1.10. The fraction of sp³-hybridized carbons (Fsp3) is 0.235. The number of carboxylic acid groups (broad SMARTS) is 1. The Morgan fingerprint density at radius 3 is 2.33 bits per heavy atom. The van der Waals surface area contributed by atoms with Crippen molar-refractivity contribution in [2.45, 2.75) is 19.5 Å². The van der Waals surface area contributed by atoms with Gasteiger partial charge in [-0.1, -0.05) is 42.5 Å². The Hall–Kier alpha value is -2.20. The molecule has 0 saturated carbocycles. The van der Waals surface area contributed by atoms with Gasteiger partial charge < -0.3 is 5.11 Å². The topological polar surface area (TPSA) is 40.5 Å². The number of carboxylic acids is 1. The number of hydrogen-bond donors (Lipinski definition) is 1. The first-order chi connectivity index (χ1) is 10.1. The van der Waals surface area contributed by atoms with Gasteiger partial charge in [0.15, 0.2) is 0 Å². The van der Waals surface area contributed by atoms with Crippen LogP contribution < -0.4 is 0 Å². The molecule has 2 aromatic rings. The van der Waals surface area contributed by atoms with Gasteiger partial charge in [-0.2, -0.15) is 0 Å². The minimum atomic E-state index is -0.827. The zero-order valence-corrected chi connectivity index (χ0v) is 11.7. The van der Waals surface area contributed by atoms with E-state index in [1.54, 1.807) is 6.07 Å². The van der Waals surface area contributed by atoms with Gasteiger partial charge in [0.2, 0.25) is 0 Å². The molecular formula is C17H18FNO2. The molecule has 0 spiro atoms. The first-order valence-electron chi connectivity index (χ1n) is 6.86. The van der Waals surface area contributed by atoms with Crippen molar-refractivity contribution in [1.82, 2.24) is 4.90 Å². The van der Waals surface area contributed by atoms with Crippen molar-refractivity contribution < 1.29 is 14.3 Å². The molecule has 21 heavy (non-hydrogen) atoms. The van der Waals surface area contributed by atoms with E-state index in [-0.39, 0.29) is 12.2 Å². The van der Waals surface area contributed by atoms with Gasteiger partial charge in [-0.05, 0) is 23.3 Å². The molecule has 4 heteroatoms. The van der Waals surface area contributed by atoms with Crippen molar-refractivity contribution in [3.63, 3.8) is 0 Å². The van der Waals surface area contributed by atoms with Crippen LogP contribution in [-0.4, -0.2) is 22.5 Å². The van der Waals surface area contributed by atoms with Gasteiger partial charge in [0.25, 0.3) is 0 Å². The van der Waals surface area contributed by atoms with Gasteiger partial charge in [0, 0.05) is 19.6 Å². The summed E-state index contributed by atoms with van der Waals surface area (Å²) < 4.78 is 13.2. The molecule has 110 valence electrons. The lowest BCUT2D eigenvalue weighted by Crippen LogP contribution is -2.25. The summed E-state index contributed by atoms with van der Waals surface area (Å²) in [6.07, 6.45) is 0.0716. The highest BCUT2D eigenvalue weighted by atomic mass is 19.1.